The van der Waals surface area contributed by atoms with Crippen molar-refractivity contribution in [2.75, 3.05) is 39.4 Å². The number of hydrogen-bond acceptors (Lipinski definition) is 3. The lowest BCUT2D eigenvalue weighted by Gasteiger charge is -2.35. The Balaban J connectivity index is 1.38. The maximum Gasteiger partial charge on any atom is 0.123 e. The highest BCUT2D eigenvalue weighted by molar-refractivity contribution is 5.21. The van der Waals surface area contributed by atoms with Crippen molar-refractivity contribution in [3.8, 4) is 0 Å². The number of nitrogens with one attached hydrogen (secondary N) is 1. The number of hydrogen-bond donors (Lipinski definition) is 1. The molecule has 2 bridgehead atoms. The van der Waals surface area contributed by atoms with E-state index in [1.54, 1.807) is 12.1 Å². The van der Waals surface area contributed by atoms with Crippen molar-refractivity contribution in [2.45, 2.75) is 18.9 Å². The molecule has 4 rings (SSSR count). The van der Waals surface area contributed by atoms with Crippen LogP contribution in [0, 0.1) is 23.6 Å². The van der Waals surface area contributed by atoms with Gasteiger partial charge >= 0.3 is 0 Å². The molecule has 24 heavy (non-hydrogen) atoms. The molecule has 4 atom stereocenters. The fourth-order valence-electron chi connectivity index (χ4n) is 4.57. The van der Waals surface area contributed by atoms with Crippen LogP contribution in [0.25, 0.3) is 0 Å². The van der Waals surface area contributed by atoms with Crippen LogP contribution in [0.15, 0.2) is 36.4 Å². The van der Waals surface area contributed by atoms with Gasteiger partial charge in [-0.3, -0.25) is 4.90 Å². The van der Waals surface area contributed by atoms with Crippen molar-refractivity contribution in [1.82, 2.24) is 10.2 Å². The van der Waals surface area contributed by atoms with Crippen LogP contribution in [-0.4, -0.2) is 44.3 Å². The molecule has 4 heteroatoms. The molecular formula is C20H27FN2O. The SMILES string of the molecule is Fc1ccc(C(CNCC2CC3C=CC2C3)N2CCOCC2)cc1. The molecule has 1 saturated carbocycles. The Labute approximate surface area is 143 Å². The normalized spacial score (nSPS) is 30.8. The molecule has 1 saturated heterocycles. The molecule has 1 aromatic rings. The summed E-state index contributed by atoms with van der Waals surface area (Å²) in [4.78, 5) is 2.46. The van der Waals surface area contributed by atoms with Gasteiger partial charge in [-0.25, -0.2) is 4.39 Å². The highest BCUT2D eigenvalue weighted by Crippen LogP contribution is 2.43. The lowest BCUT2D eigenvalue weighted by Crippen LogP contribution is -2.43. The number of morpholine rings is 1. The van der Waals surface area contributed by atoms with E-state index in [4.69, 9.17) is 4.74 Å². The zero-order valence-electron chi connectivity index (χ0n) is 14.2. The van der Waals surface area contributed by atoms with Gasteiger partial charge in [-0.2, -0.15) is 0 Å². The van der Waals surface area contributed by atoms with Gasteiger partial charge in [0.1, 0.15) is 5.82 Å². The van der Waals surface area contributed by atoms with E-state index in [9.17, 15) is 4.39 Å². The maximum absolute atomic E-state index is 13.3. The third kappa shape index (κ3) is 3.56. The van der Waals surface area contributed by atoms with E-state index in [2.05, 4.69) is 22.4 Å². The second-order valence-electron chi connectivity index (χ2n) is 7.41. The predicted octanol–water partition coefficient (Wildman–Crippen LogP) is 3.00. The van der Waals surface area contributed by atoms with Gasteiger partial charge in [0.05, 0.1) is 13.2 Å². The largest absolute Gasteiger partial charge is 0.379 e. The van der Waals surface area contributed by atoms with Crippen molar-refractivity contribution < 1.29 is 9.13 Å². The lowest BCUT2D eigenvalue weighted by atomic mass is 9.93. The molecule has 0 spiro atoms. The average Bonchev–Trinajstić information content (AvgIpc) is 3.24. The Morgan fingerprint density at radius 3 is 2.58 bits per heavy atom. The predicted molar refractivity (Wildman–Crippen MR) is 93.2 cm³/mol. The van der Waals surface area contributed by atoms with Gasteiger partial charge in [0, 0.05) is 25.7 Å². The van der Waals surface area contributed by atoms with E-state index >= 15 is 0 Å². The summed E-state index contributed by atoms with van der Waals surface area (Å²) in [5.41, 5.74) is 1.19. The molecule has 0 radical (unpaired) electrons. The summed E-state index contributed by atoms with van der Waals surface area (Å²) in [6.45, 7) is 5.47. The van der Waals surface area contributed by atoms with Gasteiger partial charge in [0.25, 0.3) is 0 Å². The van der Waals surface area contributed by atoms with Crippen LogP contribution >= 0.6 is 0 Å². The van der Waals surface area contributed by atoms with E-state index in [1.807, 2.05) is 12.1 Å². The minimum absolute atomic E-state index is 0.166. The van der Waals surface area contributed by atoms with Crippen LogP contribution in [0.5, 0.6) is 0 Å². The van der Waals surface area contributed by atoms with Crippen molar-refractivity contribution in [1.29, 1.82) is 0 Å². The van der Waals surface area contributed by atoms with Crippen LogP contribution in [-0.2, 0) is 4.74 Å². The Bertz CT molecular complexity index is 568. The zero-order chi connectivity index (χ0) is 16.4. The van der Waals surface area contributed by atoms with Crippen molar-refractivity contribution in [2.24, 2.45) is 17.8 Å². The highest BCUT2D eigenvalue weighted by atomic mass is 19.1. The Morgan fingerprint density at radius 2 is 1.92 bits per heavy atom. The van der Waals surface area contributed by atoms with Crippen molar-refractivity contribution in [3.05, 3.63) is 47.8 Å². The number of rotatable bonds is 6. The van der Waals surface area contributed by atoms with E-state index < -0.39 is 0 Å². The van der Waals surface area contributed by atoms with Gasteiger partial charge in [-0.1, -0.05) is 24.3 Å². The molecule has 1 heterocycles. The minimum atomic E-state index is -0.166. The van der Waals surface area contributed by atoms with E-state index in [0.29, 0.717) is 6.04 Å². The monoisotopic (exact) mass is 330 g/mol. The molecule has 0 aromatic heterocycles. The molecule has 0 amide bonds. The number of ether oxygens (including phenoxy) is 1. The van der Waals surface area contributed by atoms with Crippen LogP contribution in [0.1, 0.15) is 24.4 Å². The summed E-state index contributed by atoms with van der Waals surface area (Å²) in [5.74, 6) is 2.24. The van der Waals surface area contributed by atoms with Gasteiger partial charge < -0.3 is 10.1 Å². The number of allylic oxidation sites excluding steroid dienone is 2. The Morgan fingerprint density at radius 1 is 1.12 bits per heavy atom. The molecule has 1 N–H and O–H groups in total. The van der Waals surface area contributed by atoms with Crippen LogP contribution in [0.3, 0.4) is 0 Å². The Hall–Kier alpha value is -1.23. The van der Waals surface area contributed by atoms with Gasteiger partial charge in [-0.05, 0) is 54.8 Å². The van der Waals surface area contributed by atoms with E-state index in [0.717, 1.165) is 57.1 Å². The molecule has 2 aliphatic carbocycles. The first-order valence-corrected chi connectivity index (χ1v) is 9.26. The number of fused-ring (bicyclic) bond motifs is 2. The molecule has 1 aliphatic heterocycles. The van der Waals surface area contributed by atoms with Crippen LogP contribution in [0.2, 0.25) is 0 Å². The third-order valence-electron chi connectivity index (χ3n) is 5.90. The smallest absolute Gasteiger partial charge is 0.123 e. The molecule has 3 nitrogen and oxygen atoms in total. The molecule has 1 aromatic carbocycles. The third-order valence-corrected chi connectivity index (χ3v) is 5.90. The molecule has 130 valence electrons. The minimum Gasteiger partial charge on any atom is -0.379 e. The summed E-state index contributed by atoms with van der Waals surface area (Å²) < 4.78 is 18.8. The molecule has 3 aliphatic rings. The fraction of sp³-hybridized carbons (Fsp3) is 0.600. The van der Waals surface area contributed by atoms with E-state index in [-0.39, 0.29) is 5.82 Å². The number of nitrogens with zero attached hydrogens (tertiary/aromatic N) is 1. The van der Waals surface area contributed by atoms with Gasteiger partial charge in [0.15, 0.2) is 0 Å². The quantitative estimate of drug-likeness (QED) is 0.812. The van der Waals surface area contributed by atoms with Crippen LogP contribution in [0.4, 0.5) is 4.39 Å². The van der Waals surface area contributed by atoms with Crippen molar-refractivity contribution >= 4 is 0 Å². The topological polar surface area (TPSA) is 24.5 Å². The second-order valence-corrected chi connectivity index (χ2v) is 7.41. The summed E-state index contributed by atoms with van der Waals surface area (Å²) in [6, 6.07) is 7.30. The number of halogens is 1. The van der Waals surface area contributed by atoms with Gasteiger partial charge in [0.2, 0.25) is 0 Å². The highest BCUT2D eigenvalue weighted by Gasteiger charge is 2.35. The maximum atomic E-state index is 13.3. The summed E-state index contributed by atoms with van der Waals surface area (Å²) in [7, 11) is 0. The zero-order valence-corrected chi connectivity index (χ0v) is 14.2. The van der Waals surface area contributed by atoms with Crippen molar-refractivity contribution in [3.63, 3.8) is 0 Å². The Kier molecular flexibility index (Phi) is 4.97. The standard InChI is InChI=1S/C20H27FN2O/c21-19-5-3-16(4-6-19)20(23-7-9-24-10-8-23)14-22-13-18-12-15-1-2-17(18)11-15/h1-6,15,17-18,20,22H,7-14H2. The molecule has 4 unspecified atom stereocenters. The second kappa shape index (κ2) is 7.34. The lowest BCUT2D eigenvalue weighted by molar-refractivity contribution is 0.0159. The first-order valence-electron chi connectivity index (χ1n) is 9.26. The first kappa shape index (κ1) is 16.2. The summed E-state index contributed by atoms with van der Waals surface area (Å²) >= 11 is 0. The van der Waals surface area contributed by atoms with Gasteiger partial charge in [-0.15, -0.1) is 0 Å². The number of benzene rings is 1. The molecule has 2 fully saturated rings. The summed E-state index contributed by atoms with van der Waals surface area (Å²) in [6.07, 6.45) is 7.51. The average molecular weight is 330 g/mol. The first-order chi connectivity index (χ1) is 11.8. The van der Waals surface area contributed by atoms with Crippen LogP contribution < -0.4 is 5.32 Å². The molecular weight excluding hydrogens is 303 g/mol. The fourth-order valence-corrected chi connectivity index (χ4v) is 4.57. The summed E-state index contributed by atoms with van der Waals surface area (Å²) in [5, 5.41) is 3.71. The van der Waals surface area contributed by atoms with E-state index in [1.165, 1.54) is 18.4 Å².